The van der Waals surface area contributed by atoms with Gasteiger partial charge in [0.25, 0.3) is 0 Å². The SMILES string of the molecule is CCCCCOc1cc(-c2ccccc2)ccc1C. The van der Waals surface area contributed by atoms with Crippen LogP contribution < -0.4 is 4.74 Å². The second-order valence-electron chi connectivity index (χ2n) is 4.90. The van der Waals surface area contributed by atoms with E-state index in [-0.39, 0.29) is 0 Å². The highest BCUT2D eigenvalue weighted by atomic mass is 16.5. The molecule has 100 valence electrons. The fourth-order valence-electron chi connectivity index (χ4n) is 2.10. The number of aryl methyl sites for hydroxylation is 1. The summed E-state index contributed by atoms with van der Waals surface area (Å²) in [4.78, 5) is 0. The molecule has 0 aliphatic carbocycles. The Morgan fingerprint density at radius 3 is 2.42 bits per heavy atom. The number of benzene rings is 2. The van der Waals surface area contributed by atoms with E-state index in [2.05, 4.69) is 56.3 Å². The zero-order valence-electron chi connectivity index (χ0n) is 11.9. The first-order valence-corrected chi connectivity index (χ1v) is 7.10. The van der Waals surface area contributed by atoms with Crippen molar-refractivity contribution in [3.05, 3.63) is 54.1 Å². The minimum Gasteiger partial charge on any atom is -0.493 e. The molecule has 1 heteroatoms. The molecule has 0 aromatic heterocycles. The van der Waals surface area contributed by atoms with Crippen LogP contribution in [0.2, 0.25) is 0 Å². The van der Waals surface area contributed by atoms with Crippen LogP contribution in [-0.2, 0) is 0 Å². The molecule has 0 amide bonds. The van der Waals surface area contributed by atoms with Gasteiger partial charge < -0.3 is 4.74 Å². The van der Waals surface area contributed by atoms with Gasteiger partial charge in [-0.15, -0.1) is 0 Å². The van der Waals surface area contributed by atoms with Crippen molar-refractivity contribution in [2.45, 2.75) is 33.1 Å². The minimum absolute atomic E-state index is 0.812. The average Bonchev–Trinajstić information content (AvgIpc) is 2.46. The van der Waals surface area contributed by atoms with Crippen LogP contribution in [0.15, 0.2) is 48.5 Å². The van der Waals surface area contributed by atoms with Crippen LogP contribution in [0, 0.1) is 6.92 Å². The van der Waals surface area contributed by atoms with Crippen LogP contribution in [0.4, 0.5) is 0 Å². The zero-order chi connectivity index (χ0) is 13.5. The minimum atomic E-state index is 0.812. The maximum Gasteiger partial charge on any atom is 0.122 e. The smallest absolute Gasteiger partial charge is 0.122 e. The molecule has 0 aliphatic rings. The second kappa shape index (κ2) is 6.98. The fourth-order valence-corrected chi connectivity index (χ4v) is 2.10. The largest absolute Gasteiger partial charge is 0.493 e. The molecule has 0 fully saturated rings. The highest BCUT2D eigenvalue weighted by molar-refractivity contribution is 5.65. The molecule has 0 saturated carbocycles. The summed E-state index contributed by atoms with van der Waals surface area (Å²) in [7, 11) is 0. The Morgan fingerprint density at radius 1 is 0.895 bits per heavy atom. The molecule has 0 spiro atoms. The van der Waals surface area contributed by atoms with Crippen molar-refractivity contribution in [3.8, 4) is 16.9 Å². The van der Waals surface area contributed by atoms with Gasteiger partial charge in [-0.2, -0.15) is 0 Å². The summed E-state index contributed by atoms with van der Waals surface area (Å²) in [6.45, 7) is 5.12. The third-order valence-corrected chi connectivity index (χ3v) is 3.30. The van der Waals surface area contributed by atoms with E-state index in [1.165, 1.54) is 29.5 Å². The van der Waals surface area contributed by atoms with Crippen LogP contribution >= 0.6 is 0 Å². The van der Waals surface area contributed by atoms with Crippen molar-refractivity contribution in [2.24, 2.45) is 0 Å². The molecular weight excluding hydrogens is 232 g/mol. The first-order valence-electron chi connectivity index (χ1n) is 7.10. The fraction of sp³-hybridized carbons (Fsp3) is 0.333. The predicted molar refractivity (Wildman–Crippen MR) is 81.6 cm³/mol. The molecule has 1 nitrogen and oxygen atoms in total. The van der Waals surface area contributed by atoms with Gasteiger partial charge in [-0.05, 0) is 36.1 Å². The van der Waals surface area contributed by atoms with Crippen molar-refractivity contribution >= 4 is 0 Å². The number of ether oxygens (including phenoxy) is 1. The lowest BCUT2D eigenvalue weighted by atomic mass is 10.0. The Morgan fingerprint density at radius 2 is 1.68 bits per heavy atom. The van der Waals surface area contributed by atoms with Crippen molar-refractivity contribution < 1.29 is 4.74 Å². The number of hydrogen-bond acceptors (Lipinski definition) is 1. The van der Waals surface area contributed by atoms with Gasteiger partial charge in [0, 0.05) is 0 Å². The van der Waals surface area contributed by atoms with Crippen LogP contribution in [0.25, 0.3) is 11.1 Å². The van der Waals surface area contributed by atoms with E-state index in [1.54, 1.807) is 0 Å². The second-order valence-corrected chi connectivity index (χ2v) is 4.90. The molecule has 19 heavy (non-hydrogen) atoms. The topological polar surface area (TPSA) is 9.23 Å². The van der Waals surface area contributed by atoms with E-state index in [0.29, 0.717) is 0 Å². The highest BCUT2D eigenvalue weighted by Crippen LogP contribution is 2.27. The normalized spacial score (nSPS) is 10.4. The van der Waals surface area contributed by atoms with Gasteiger partial charge in [0.1, 0.15) is 5.75 Å². The predicted octanol–water partition coefficient (Wildman–Crippen LogP) is 5.23. The van der Waals surface area contributed by atoms with Crippen molar-refractivity contribution in [1.82, 2.24) is 0 Å². The summed E-state index contributed by atoms with van der Waals surface area (Å²) >= 11 is 0. The standard InChI is InChI=1S/C18H22O/c1-3-4-8-13-19-18-14-17(12-11-15(18)2)16-9-6-5-7-10-16/h5-7,9-12,14H,3-4,8,13H2,1-2H3. The molecule has 0 atom stereocenters. The van der Waals surface area contributed by atoms with Gasteiger partial charge in [-0.25, -0.2) is 0 Å². The molecule has 0 N–H and O–H groups in total. The van der Waals surface area contributed by atoms with E-state index in [0.717, 1.165) is 18.8 Å². The van der Waals surface area contributed by atoms with Crippen LogP contribution in [-0.4, -0.2) is 6.61 Å². The summed E-state index contributed by atoms with van der Waals surface area (Å²) in [6.07, 6.45) is 3.59. The molecule has 2 rings (SSSR count). The average molecular weight is 254 g/mol. The third kappa shape index (κ3) is 3.85. The van der Waals surface area contributed by atoms with Gasteiger partial charge in [-0.1, -0.05) is 62.2 Å². The lowest BCUT2D eigenvalue weighted by Crippen LogP contribution is -1.98. The van der Waals surface area contributed by atoms with E-state index in [9.17, 15) is 0 Å². The quantitative estimate of drug-likeness (QED) is 0.641. The van der Waals surface area contributed by atoms with E-state index < -0.39 is 0 Å². The molecule has 2 aromatic carbocycles. The Hall–Kier alpha value is -1.76. The Bertz CT molecular complexity index is 502. The van der Waals surface area contributed by atoms with Gasteiger partial charge in [0.15, 0.2) is 0 Å². The molecule has 0 unspecified atom stereocenters. The van der Waals surface area contributed by atoms with Gasteiger partial charge >= 0.3 is 0 Å². The molecule has 0 aliphatic heterocycles. The van der Waals surface area contributed by atoms with Gasteiger partial charge in [0.05, 0.1) is 6.61 Å². The Balaban J connectivity index is 2.11. The summed E-state index contributed by atoms with van der Waals surface area (Å²) in [5.41, 5.74) is 3.66. The molecule has 2 aromatic rings. The zero-order valence-corrected chi connectivity index (χ0v) is 11.9. The van der Waals surface area contributed by atoms with Crippen LogP contribution in [0.3, 0.4) is 0 Å². The first-order chi connectivity index (χ1) is 9.31. The lowest BCUT2D eigenvalue weighted by Gasteiger charge is -2.11. The molecule has 0 radical (unpaired) electrons. The number of rotatable bonds is 6. The molecule has 0 bridgehead atoms. The Labute approximate surface area is 116 Å². The number of unbranched alkanes of at least 4 members (excludes halogenated alkanes) is 2. The summed E-state index contributed by atoms with van der Waals surface area (Å²) in [6, 6.07) is 16.9. The molecule has 0 heterocycles. The first kappa shape index (κ1) is 13.7. The lowest BCUT2D eigenvalue weighted by molar-refractivity contribution is 0.304. The maximum atomic E-state index is 5.90. The van der Waals surface area contributed by atoms with E-state index >= 15 is 0 Å². The molecule has 0 saturated heterocycles. The third-order valence-electron chi connectivity index (χ3n) is 3.30. The van der Waals surface area contributed by atoms with E-state index in [1.807, 2.05) is 6.07 Å². The molecular formula is C18H22O. The van der Waals surface area contributed by atoms with Crippen molar-refractivity contribution in [3.63, 3.8) is 0 Å². The van der Waals surface area contributed by atoms with Crippen LogP contribution in [0.1, 0.15) is 31.7 Å². The summed E-state index contributed by atoms with van der Waals surface area (Å²) in [5.74, 6) is 1.01. The van der Waals surface area contributed by atoms with Crippen molar-refractivity contribution in [1.29, 1.82) is 0 Å². The maximum absolute atomic E-state index is 5.90. The summed E-state index contributed by atoms with van der Waals surface area (Å²) in [5, 5.41) is 0. The van der Waals surface area contributed by atoms with Crippen LogP contribution in [0.5, 0.6) is 5.75 Å². The Kier molecular flexibility index (Phi) is 5.02. The highest BCUT2D eigenvalue weighted by Gasteiger charge is 2.03. The van der Waals surface area contributed by atoms with Gasteiger partial charge in [-0.3, -0.25) is 0 Å². The van der Waals surface area contributed by atoms with Crippen molar-refractivity contribution in [2.75, 3.05) is 6.61 Å². The number of hydrogen-bond donors (Lipinski definition) is 0. The monoisotopic (exact) mass is 254 g/mol. The summed E-state index contributed by atoms with van der Waals surface area (Å²) < 4.78 is 5.90. The van der Waals surface area contributed by atoms with Gasteiger partial charge in [0.2, 0.25) is 0 Å². The van der Waals surface area contributed by atoms with E-state index in [4.69, 9.17) is 4.74 Å².